The summed E-state index contributed by atoms with van der Waals surface area (Å²) >= 11 is 16.5. The molecule has 0 aliphatic carbocycles. The predicted molar refractivity (Wildman–Crippen MR) is 52.0 cm³/mol. The van der Waals surface area contributed by atoms with Crippen molar-refractivity contribution in [2.75, 3.05) is 0 Å². The molecule has 0 N–H and O–H groups in total. The van der Waals surface area contributed by atoms with Crippen LogP contribution in [0.2, 0.25) is 10.0 Å². The number of carbonyl (C=O) groups excluding carboxylic acids is 2. The summed E-state index contributed by atoms with van der Waals surface area (Å²) in [5.41, 5.74) is 0.326. The second kappa shape index (κ2) is 4.09. The summed E-state index contributed by atoms with van der Waals surface area (Å²) in [5, 5.41) is -0.431. The van der Waals surface area contributed by atoms with E-state index >= 15 is 0 Å². The molecule has 68 valence electrons. The molecule has 0 aromatic heterocycles. The fraction of sp³-hybridized carbons (Fsp3) is 0. The van der Waals surface area contributed by atoms with Crippen LogP contribution in [0, 0.1) is 0 Å². The van der Waals surface area contributed by atoms with Crippen LogP contribution in [0.25, 0.3) is 0 Å². The van der Waals surface area contributed by atoms with Gasteiger partial charge in [-0.25, -0.2) is 0 Å². The Morgan fingerprint density at radius 3 is 2.00 bits per heavy atom. The van der Waals surface area contributed by atoms with Crippen molar-refractivity contribution in [3.8, 4) is 0 Å². The Hall–Kier alpha value is -0.570. The van der Waals surface area contributed by atoms with Crippen molar-refractivity contribution in [2.45, 2.75) is 0 Å². The fourth-order valence-corrected chi connectivity index (χ4v) is 1.50. The number of hydrogen-bond acceptors (Lipinski definition) is 2. The van der Waals surface area contributed by atoms with E-state index in [9.17, 15) is 9.59 Å². The van der Waals surface area contributed by atoms with E-state index in [1.807, 2.05) is 0 Å². The van der Waals surface area contributed by atoms with Crippen LogP contribution in [0.3, 0.4) is 0 Å². The van der Waals surface area contributed by atoms with Crippen LogP contribution in [0.1, 0.15) is 20.7 Å². The maximum absolute atomic E-state index is 10.7. The number of hydrogen-bond donors (Lipinski definition) is 0. The molecule has 0 fully saturated rings. The van der Waals surface area contributed by atoms with Crippen molar-refractivity contribution < 1.29 is 9.59 Å². The van der Waals surface area contributed by atoms with Crippen LogP contribution in [0.15, 0.2) is 12.1 Å². The van der Waals surface area contributed by atoms with Gasteiger partial charge in [-0.05, 0) is 23.7 Å². The highest BCUT2D eigenvalue weighted by Crippen LogP contribution is 2.25. The molecule has 5 heteroatoms. The highest BCUT2D eigenvalue weighted by atomic mass is 35.5. The van der Waals surface area contributed by atoms with Crippen LogP contribution in [0.4, 0.5) is 0 Å². The van der Waals surface area contributed by atoms with E-state index in [-0.39, 0.29) is 21.2 Å². The summed E-state index contributed by atoms with van der Waals surface area (Å²) in [4.78, 5) is 21.2. The van der Waals surface area contributed by atoms with Gasteiger partial charge in [0.25, 0.3) is 5.24 Å². The summed E-state index contributed by atoms with van der Waals surface area (Å²) in [5.74, 6) is 0. The third kappa shape index (κ3) is 2.21. The Labute approximate surface area is 89.4 Å². The van der Waals surface area contributed by atoms with Gasteiger partial charge in [-0.3, -0.25) is 9.59 Å². The highest BCUT2D eigenvalue weighted by Gasteiger charge is 2.10. The zero-order valence-electron chi connectivity index (χ0n) is 6.18. The molecule has 1 aromatic rings. The Bertz CT molecular complexity index is 351. The lowest BCUT2D eigenvalue weighted by Crippen LogP contribution is -1.92. The van der Waals surface area contributed by atoms with Crippen LogP contribution in [-0.4, -0.2) is 11.5 Å². The van der Waals surface area contributed by atoms with E-state index < -0.39 is 5.24 Å². The molecule has 0 atom stereocenters. The predicted octanol–water partition coefficient (Wildman–Crippen LogP) is 3.18. The number of halogens is 3. The average Bonchev–Trinajstić information content (AvgIpc) is 2.03. The first-order valence-corrected chi connectivity index (χ1v) is 4.33. The van der Waals surface area contributed by atoms with Gasteiger partial charge in [0, 0.05) is 5.56 Å². The van der Waals surface area contributed by atoms with Gasteiger partial charge in [0.2, 0.25) is 0 Å². The Kier molecular flexibility index (Phi) is 3.31. The first-order valence-electron chi connectivity index (χ1n) is 3.20. The second-order valence-corrected chi connectivity index (χ2v) is 3.40. The van der Waals surface area contributed by atoms with E-state index in [1.54, 1.807) is 0 Å². The van der Waals surface area contributed by atoms with E-state index in [0.29, 0.717) is 6.29 Å². The first kappa shape index (κ1) is 10.5. The van der Waals surface area contributed by atoms with Gasteiger partial charge in [0.15, 0.2) is 6.29 Å². The molecular weight excluding hydrogens is 234 g/mol. The third-order valence-corrected chi connectivity index (χ3v) is 2.27. The van der Waals surface area contributed by atoms with Crippen molar-refractivity contribution in [3.05, 3.63) is 33.3 Å². The molecule has 0 radical (unpaired) electrons. The maximum Gasteiger partial charge on any atom is 0.252 e. The van der Waals surface area contributed by atoms with Crippen molar-refractivity contribution >= 4 is 46.3 Å². The van der Waals surface area contributed by atoms with Crippen molar-refractivity contribution in [1.29, 1.82) is 0 Å². The molecule has 0 aliphatic heterocycles. The largest absolute Gasteiger partial charge is 0.298 e. The van der Waals surface area contributed by atoms with E-state index in [2.05, 4.69) is 0 Å². The normalized spacial score (nSPS) is 9.77. The lowest BCUT2D eigenvalue weighted by molar-refractivity contribution is 0.107. The van der Waals surface area contributed by atoms with Gasteiger partial charge in [0.1, 0.15) is 0 Å². The van der Waals surface area contributed by atoms with Gasteiger partial charge in [-0.2, -0.15) is 0 Å². The molecule has 0 spiro atoms. The summed E-state index contributed by atoms with van der Waals surface area (Å²) in [6.45, 7) is 0. The molecule has 1 aromatic carbocycles. The Balaban J connectivity index is 3.36. The molecule has 0 saturated carbocycles. The zero-order chi connectivity index (χ0) is 10.0. The SMILES string of the molecule is O=Cc1c(Cl)cc(C(=O)Cl)cc1Cl. The maximum atomic E-state index is 10.7. The van der Waals surface area contributed by atoms with Gasteiger partial charge >= 0.3 is 0 Å². The monoisotopic (exact) mass is 236 g/mol. The van der Waals surface area contributed by atoms with Crippen LogP contribution < -0.4 is 0 Å². The minimum atomic E-state index is -0.666. The molecule has 1 rings (SSSR count). The molecule has 0 aliphatic rings. The summed E-state index contributed by atoms with van der Waals surface area (Å²) < 4.78 is 0. The Morgan fingerprint density at radius 1 is 1.23 bits per heavy atom. The molecule has 0 bridgehead atoms. The van der Waals surface area contributed by atoms with E-state index in [4.69, 9.17) is 34.8 Å². The van der Waals surface area contributed by atoms with Crippen LogP contribution >= 0.6 is 34.8 Å². The summed E-state index contributed by atoms with van der Waals surface area (Å²) in [7, 11) is 0. The van der Waals surface area contributed by atoms with E-state index in [1.165, 1.54) is 12.1 Å². The quantitative estimate of drug-likeness (QED) is 0.585. The molecule has 0 unspecified atom stereocenters. The zero-order valence-corrected chi connectivity index (χ0v) is 8.45. The van der Waals surface area contributed by atoms with E-state index in [0.717, 1.165) is 0 Å². The van der Waals surface area contributed by atoms with Crippen molar-refractivity contribution in [2.24, 2.45) is 0 Å². The lowest BCUT2D eigenvalue weighted by atomic mass is 10.1. The smallest absolute Gasteiger partial charge is 0.252 e. The number of benzene rings is 1. The van der Waals surface area contributed by atoms with Gasteiger partial charge in [-0.15, -0.1) is 0 Å². The Morgan fingerprint density at radius 2 is 1.69 bits per heavy atom. The highest BCUT2D eigenvalue weighted by molar-refractivity contribution is 6.68. The van der Waals surface area contributed by atoms with Crippen LogP contribution in [-0.2, 0) is 0 Å². The number of aldehydes is 1. The van der Waals surface area contributed by atoms with Gasteiger partial charge in [0.05, 0.1) is 15.6 Å². The van der Waals surface area contributed by atoms with Crippen molar-refractivity contribution in [3.63, 3.8) is 0 Å². The molecule has 0 amide bonds. The van der Waals surface area contributed by atoms with Gasteiger partial charge < -0.3 is 0 Å². The third-order valence-electron chi connectivity index (χ3n) is 1.42. The first-order chi connectivity index (χ1) is 6.06. The average molecular weight is 237 g/mol. The minimum absolute atomic E-state index is 0.117. The molecule has 13 heavy (non-hydrogen) atoms. The lowest BCUT2D eigenvalue weighted by Gasteiger charge is -2.01. The molecular formula is C8H3Cl3O2. The summed E-state index contributed by atoms with van der Waals surface area (Å²) in [6.07, 6.45) is 0.521. The topological polar surface area (TPSA) is 34.1 Å². The standard InChI is InChI=1S/C8H3Cl3O2/c9-6-1-4(8(11)13)2-7(10)5(6)3-12/h1-3H. The van der Waals surface area contributed by atoms with Gasteiger partial charge in [-0.1, -0.05) is 23.2 Å². The second-order valence-electron chi connectivity index (χ2n) is 2.25. The molecule has 2 nitrogen and oxygen atoms in total. The number of carbonyl (C=O) groups is 2. The molecule has 0 heterocycles. The number of rotatable bonds is 2. The minimum Gasteiger partial charge on any atom is -0.298 e. The summed E-state index contributed by atoms with van der Waals surface area (Å²) in [6, 6.07) is 2.60. The van der Waals surface area contributed by atoms with Crippen LogP contribution in [0.5, 0.6) is 0 Å². The molecule has 0 saturated heterocycles. The van der Waals surface area contributed by atoms with Crippen molar-refractivity contribution in [1.82, 2.24) is 0 Å². The fourth-order valence-electron chi connectivity index (χ4n) is 0.810.